The summed E-state index contributed by atoms with van der Waals surface area (Å²) in [5.74, 6) is -0.537. The second-order valence-corrected chi connectivity index (χ2v) is 6.13. The minimum Gasteiger partial charge on any atom is -0.459 e. The number of hydrogen-bond donors (Lipinski definition) is 0. The van der Waals surface area contributed by atoms with Gasteiger partial charge in [0, 0.05) is 35.8 Å². The normalized spacial score (nSPS) is 10.6. The fourth-order valence-electron chi connectivity index (χ4n) is 2.24. The van der Waals surface area contributed by atoms with Crippen LogP contribution in [0.2, 0.25) is 0 Å². The summed E-state index contributed by atoms with van der Waals surface area (Å²) in [5.41, 5.74) is 1.75. The van der Waals surface area contributed by atoms with E-state index < -0.39 is 10.9 Å². The molecule has 0 fully saturated rings. The second-order valence-electron chi connectivity index (χ2n) is 5.27. The number of aryl methyl sites for hydroxylation is 1. The summed E-state index contributed by atoms with van der Waals surface area (Å²) >= 11 is 1.43. The van der Waals surface area contributed by atoms with Crippen molar-refractivity contribution in [1.29, 1.82) is 0 Å². The van der Waals surface area contributed by atoms with E-state index in [1.165, 1.54) is 17.4 Å². The van der Waals surface area contributed by atoms with Crippen molar-refractivity contribution in [1.82, 2.24) is 14.8 Å². The van der Waals surface area contributed by atoms with E-state index >= 15 is 0 Å². The predicted octanol–water partition coefficient (Wildman–Crippen LogP) is 2.74. The Morgan fingerprint density at radius 1 is 1.40 bits per heavy atom. The highest BCUT2D eigenvalue weighted by Crippen LogP contribution is 2.23. The zero-order valence-corrected chi connectivity index (χ0v) is 14.1. The fraction of sp³-hybridized carbons (Fsp3) is 0.188. The van der Waals surface area contributed by atoms with Crippen LogP contribution in [0.5, 0.6) is 0 Å². The maximum Gasteiger partial charge on any atom is 0.310 e. The van der Waals surface area contributed by atoms with Crippen molar-refractivity contribution < 1.29 is 14.5 Å². The number of esters is 1. The number of aromatic nitrogens is 3. The Labute approximate surface area is 146 Å². The molecule has 0 saturated heterocycles. The average Bonchev–Trinajstić information content (AvgIpc) is 3.22. The van der Waals surface area contributed by atoms with E-state index in [9.17, 15) is 14.9 Å². The van der Waals surface area contributed by atoms with Crippen LogP contribution in [0.15, 0.2) is 42.0 Å². The zero-order chi connectivity index (χ0) is 17.8. The standard InChI is InChI=1S/C16H14N4O4S/c1-19-8-12(7-17-19)16-18-13(10-25-16)9-24-15(21)6-11-4-2-3-5-14(11)20(22)23/h2-5,7-8,10H,6,9H2,1H3. The maximum atomic E-state index is 12.0. The number of hydrogen-bond acceptors (Lipinski definition) is 7. The van der Waals surface area contributed by atoms with Crippen molar-refractivity contribution in [2.75, 3.05) is 0 Å². The Bertz CT molecular complexity index is 918. The molecule has 9 heteroatoms. The van der Waals surface area contributed by atoms with Crippen molar-refractivity contribution in [3.63, 3.8) is 0 Å². The molecule has 0 spiro atoms. The molecule has 3 aromatic rings. The number of para-hydroxylation sites is 1. The largest absolute Gasteiger partial charge is 0.459 e. The van der Waals surface area contributed by atoms with E-state index in [4.69, 9.17) is 4.74 Å². The number of carbonyl (C=O) groups excluding carboxylic acids is 1. The molecule has 3 rings (SSSR count). The van der Waals surface area contributed by atoms with E-state index in [1.807, 2.05) is 13.2 Å². The number of nitro benzene ring substituents is 1. The molecular weight excluding hydrogens is 344 g/mol. The molecule has 25 heavy (non-hydrogen) atoms. The van der Waals surface area contributed by atoms with Gasteiger partial charge in [0.05, 0.1) is 23.2 Å². The molecule has 0 bridgehead atoms. The topological polar surface area (TPSA) is 100 Å². The van der Waals surface area contributed by atoms with Gasteiger partial charge in [0.25, 0.3) is 5.69 Å². The van der Waals surface area contributed by atoms with Crippen LogP contribution in [0.1, 0.15) is 11.3 Å². The summed E-state index contributed by atoms with van der Waals surface area (Å²) < 4.78 is 6.87. The van der Waals surface area contributed by atoms with Gasteiger partial charge >= 0.3 is 5.97 Å². The van der Waals surface area contributed by atoms with Crippen molar-refractivity contribution in [3.8, 4) is 10.6 Å². The first-order chi connectivity index (χ1) is 12.0. The van der Waals surface area contributed by atoms with E-state index in [-0.39, 0.29) is 18.7 Å². The molecule has 0 saturated carbocycles. The number of carbonyl (C=O) groups is 1. The molecule has 0 amide bonds. The zero-order valence-electron chi connectivity index (χ0n) is 13.3. The van der Waals surface area contributed by atoms with Crippen molar-refractivity contribution in [2.24, 2.45) is 7.05 Å². The highest BCUT2D eigenvalue weighted by molar-refractivity contribution is 7.13. The van der Waals surface area contributed by atoms with Gasteiger partial charge in [-0.2, -0.15) is 5.10 Å². The molecule has 0 atom stereocenters. The van der Waals surface area contributed by atoms with Crippen LogP contribution in [-0.4, -0.2) is 25.7 Å². The molecule has 1 aromatic carbocycles. The number of nitro groups is 1. The van der Waals surface area contributed by atoms with Crippen molar-refractivity contribution >= 4 is 23.0 Å². The number of rotatable bonds is 6. The van der Waals surface area contributed by atoms with Gasteiger partial charge in [0.1, 0.15) is 11.6 Å². The quantitative estimate of drug-likeness (QED) is 0.381. The smallest absolute Gasteiger partial charge is 0.310 e. The summed E-state index contributed by atoms with van der Waals surface area (Å²) in [6.07, 6.45) is 3.41. The maximum absolute atomic E-state index is 12.0. The number of thiazole rings is 1. The van der Waals surface area contributed by atoms with Crippen LogP contribution in [0.4, 0.5) is 5.69 Å². The molecule has 8 nitrogen and oxygen atoms in total. The van der Waals surface area contributed by atoms with Gasteiger partial charge in [-0.05, 0) is 0 Å². The van der Waals surface area contributed by atoms with E-state index in [0.29, 0.717) is 11.3 Å². The number of ether oxygens (including phenoxy) is 1. The number of benzene rings is 1. The fourth-order valence-corrected chi connectivity index (χ4v) is 3.02. The first-order valence-electron chi connectivity index (χ1n) is 7.34. The van der Waals surface area contributed by atoms with Gasteiger partial charge in [-0.1, -0.05) is 18.2 Å². The second kappa shape index (κ2) is 7.22. The van der Waals surface area contributed by atoms with Crippen LogP contribution in [0, 0.1) is 10.1 Å². The van der Waals surface area contributed by atoms with E-state index in [2.05, 4.69) is 10.1 Å². The van der Waals surface area contributed by atoms with Crippen LogP contribution >= 0.6 is 11.3 Å². The van der Waals surface area contributed by atoms with Gasteiger partial charge in [-0.25, -0.2) is 4.98 Å². The van der Waals surface area contributed by atoms with Crippen LogP contribution in [-0.2, 0) is 29.6 Å². The minimum absolute atomic E-state index is 0.0240. The van der Waals surface area contributed by atoms with Gasteiger partial charge in [0.15, 0.2) is 0 Å². The third-order valence-electron chi connectivity index (χ3n) is 3.41. The third-order valence-corrected chi connectivity index (χ3v) is 4.35. The lowest BCUT2D eigenvalue weighted by Gasteiger charge is -2.04. The Morgan fingerprint density at radius 2 is 2.20 bits per heavy atom. The molecule has 0 aliphatic carbocycles. The highest BCUT2D eigenvalue weighted by atomic mass is 32.1. The van der Waals surface area contributed by atoms with E-state index in [1.54, 1.807) is 34.5 Å². The molecular formula is C16H14N4O4S. The molecule has 0 radical (unpaired) electrons. The average molecular weight is 358 g/mol. The highest BCUT2D eigenvalue weighted by Gasteiger charge is 2.16. The van der Waals surface area contributed by atoms with Gasteiger partial charge in [-0.3, -0.25) is 19.6 Å². The minimum atomic E-state index is -0.537. The SMILES string of the molecule is Cn1cc(-c2nc(COC(=O)Cc3ccccc3[N+](=O)[O-])cs2)cn1. The predicted molar refractivity (Wildman–Crippen MR) is 90.9 cm³/mol. The molecule has 0 aliphatic heterocycles. The molecule has 0 unspecified atom stereocenters. The van der Waals surface area contributed by atoms with Crippen LogP contribution in [0.25, 0.3) is 10.6 Å². The van der Waals surface area contributed by atoms with Crippen LogP contribution in [0.3, 0.4) is 0 Å². The Kier molecular flexibility index (Phi) is 4.85. The monoisotopic (exact) mass is 358 g/mol. The lowest BCUT2D eigenvalue weighted by Crippen LogP contribution is -2.09. The Balaban J connectivity index is 1.60. The van der Waals surface area contributed by atoms with Gasteiger partial charge in [-0.15, -0.1) is 11.3 Å². The molecule has 0 N–H and O–H groups in total. The molecule has 2 heterocycles. The van der Waals surface area contributed by atoms with Gasteiger partial charge in [0.2, 0.25) is 0 Å². The van der Waals surface area contributed by atoms with Crippen molar-refractivity contribution in [2.45, 2.75) is 13.0 Å². The molecule has 2 aromatic heterocycles. The first-order valence-corrected chi connectivity index (χ1v) is 8.22. The summed E-state index contributed by atoms with van der Waals surface area (Å²) in [4.78, 5) is 26.8. The lowest BCUT2D eigenvalue weighted by molar-refractivity contribution is -0.385. The summed E-state index contributed by atoms with van der Waals surface area (Å²) in [5, 5.41) is 17.6. The van der Waals surface area contributed by atoms with Crippen molar-refractivity contribution in [3.05, 3.63) is 63.4 Å². The molecule has 0 aliphatic rings. The Hall–Kier alpha value is -3.07. The summed E-state index contributed by atoms with van der Waals surface area (Å²) in [6, 6.07) is 6.12. The van der Waals surface area contributed by atoms with E-state index in [0.717, 1.165) is 10.6 Å². The third kappa shape index (κ3) is 4.07. The van der Waals surface area contributed by atoms with Crippen LogP contribution < -0.4 is 0 Å². The Morgan fingerprint density at radius 3 is 2.92 bits per heavy atom. The lowest BCUT2D eigenvalue weighted by atomic mass is 10.1. The van der Waals surface area contributed by atoms with Gasteiger partial charge < -0.3 is 4.74 Å². The number of nitrogens with zero attached hydrogens (tertiary/aromatic N) is 4. The first kappa shape index (κ1) is 16.8. The summed E-state index contributed by atoms with van der Waals surface area (Å²) in [6.45, 7) is 0.0240. The molecule has 128 valence electrons. The summed E-state index contributed by atoms with van der Waals surface area (Å²) in [7, 11) is 1.82.